The van der Waals surface area contributed by atoms with Crippen LogP contribution in [-0.2, 0) is 28.6 Å². The average molecular weight is 469 g/mol. The summed E-state index contributed by atoms with van der Waals surface area (Å²) in [6.07, 6.45) is 4.65. The smallest absolute Gasteiger partial charge is 0.339 e. The first-order valence-corrected chi connectivity index (χ1v) is 12.0. The van der Waals surface area contributed by atoms with Crippen molar-refractivity contribution in [2.24, 2.45) is 27.6 Å². The quantitative estimate of drug-likeness (QED) is 0.379. The van der Waals surface area contributed by atoms with E-state index in [0.717, 1.165) is 5.56 Å². The standard InChI is InChI=1S/C26H28O8/c1-21(2)25-15(27)6-9-24(25,12-32-21)14-5-8-22(3)18(13-7-10-31-11-13)33-20(30)19-26(22,34-19)23(14,4)16(28)17(25)29/h6-7,9-11,14,16,18-19,28H,5,8,12H2,1-4H3/t14-,16-,18-,19+,22-,23-,24-,25?,26+/m0/s1. The number of rotatable bonds is 1. The summed E-state index contributed by atoms with van der Waals surface area (Å²) in [5.41, 5.74) is -5.71. The lowest BCUT2D eigenvalue weighted by atomic mass is 9.34. The normalized spacial score (nSPS) is 54.0. The van der Waals surface area contributed by atoms with Crippen LogP contribution < -0.4 is 0 Å². The molecule has 5 fully saturated rings. The van der Waals surface area contributed by atoms with Crippen LogP contribution in [0, 0.1) is 27.6 Å². The van der Waals surface area contributed by atoms with Crippen molar-refractivity contribution in [2.75, 3.05) is 6.61 Å². The highest BCUT2D eigenvalue weighted by molar-refractivity contribution is 6.18. The first-order valence-electron chi connectivity index (χ1n) is 12.0. The van der Waals surface area contributed by atoms with E-state index in [4.69, 9.17) is 18.6 Å². The molecular formula is C26H28O8. The fraction of sp³-hybridized carbons (Fsp3) is 0.654. The lowest BCUT2D eigenvalue weighted by molar-refractivity contribution is -0.239. The third kappa shape index (κ3) is 1.68. The van der Waals surface area contributed by atoms with Gasteiger partial charge in [0.15, 0.2) is 17.7 Å². The maximum atomic E-state index is 14.2. The molecule has 1 aromatic heterocycles. The van der Waals surface area contributed by atoms with Gasteiger partial charge in [-0.05, 0) is 44.7 Å². The molecule has 9 atom stereocenters. The van der Waals surface area contributed by atoms with E-state index < -0.39 is 62.9 Å². The number of aliphatic hydroxyl groups is 1. The molecule has 2 saturated carbocycles. The van der Waals surface area contributed by atoms with Crippen LogP contribution in [0.2, 0.25) is 0 Å². The van der Waals surface area contributed by atoms with E-state index in [0.29, 0.717) is 12.8 Å². The zero-order chi connectivity index (χ0) is 24.1. The van der Waals surface area contributed by atoms with E-state index in [1.54, 1.807) is 26.2 Å². The Labute approximate surface area is 196 Å². The van der Waals surface area contributed by atoms with Crippen molar-refractivity contribution in [2.45, 2.75) is 70.1 Å². The highest BCUT2D eigenvalue weighted by Crippen LogP contribution is 2.81. The van der Waals surface area contributed by atoms with Crippen LogP contribution in [0.4, 0.5) is 0 Å². The van der Waals surface area contributed by atoms with Crippen molar-refractivity contribution in [1.82, 2.24) is 0 Å². The van der Waals surface area contributed by atoms with Crippen LogP contribution in [0.25, 0.3) is 0 Å². The summed E-state index contributed by atoms with van der Waals surface area (Å²) in [6, 6.07) is 1.77. The number of hydrogen-bond donors (Lipinski definition) is 1. The van der Waals surface area contributed by atoms with E-state index in [-0.39, 0.29) is 18.3 Å². The Bertz CT molecular complexity index is 1200. The molecule has 3 aliphatic carbocycles. The second kappa shape index (κ2) is 5.58. The molecule has 1 N–H and O–H groups in total. The summed E-state index contributed by atoms with van der Waals surface area (Å²) in [6.45, 7) is 7.61. The number of allylic oxidation sites excluding steroid dienone is 1. The molecule has 1 aromatic rings. The van der Waals surface area contributed by atoms with Gasteiger partial charge >= 0.3 is 5.97 Å². The predicted octanol–water partition coefficient (Wildman–Crippen LogP) is 2.30. The Morgan fingerprint density at radius 2 is 1.85 bits per heavy atom. The Morgan fingerprint density at radius 3 is 2.56 bits per heavy atom. The van der Waals surface area contributed by atoms with Crippen molar-refractivity contribution >= 4 is 17.5 Å². The number of furan rings is 1. The summed E-state index contributed by atoms with van der Waals surface area (Å²) < 4.78 is 23.7. The molecule has 6 aliphatic rings. The summed E-state index contributed by atoms with van der Waals surface area (Å²) in [5, 5.41) is 11.9. The van der Waals surface area contributed by atoms with Crippen LogP contribution in [0.1, 0.15) is 52.2 Å². The van der Waals surface area contributed by atoms with Gasteiger partial charge in [0, 0.05) is 21.8 Å². The van der Waals surface area contributed by atoms with Gasteiger partial charge in [0.25, 0.3) is 0 Å². The summed E-state index contributed by atoms with van der Waals surface area (Å²) >= 11 is 0. The molecule has 7 rings (SSSR count). The number of ether oxygens (including phenoxy) is 3. The number of ketones is 2. The van der Waals surface area contributed by atoms with Gasteiger partial charge in [0.1, 0.15) is 23.2 Å². The predicted molar refractivity (Wildman–Crippen MR) is 114 cm³/mol. The van der Waals surface area contributed by atoms with E-state index in [2.05, 4.69) is 0 Å². The van der Waals surface area contributed by atoms with E-state index in [1.807, 2.05) is 19.9 Å². The molecule has 0 bridgehead atoms. The van der Waals surface area contributed by atoms with Crippen LogP contribution in [0.5, 0.6) is 0 Å². The monoisotopic (exact) mass is 468 g/mol. The number of cyclic esters (lactones) is 1. The van der Waals surface area contributed by atoms with Gasteiger partial charge in [-0.3, -0.25) is 9.59 Å². The van der Waals surface area contributed by atoms with E-state index >= 15 is 0 Å². The van der Waals surface area contributed by atoms with Gasteiger partial charge in [-0.15, -0.1) is 0 Å². The number of hydrogen-bond acceptors (Lipinski definition) is 8. The lowest BCUT2D eigenvalue weighted by Gasteiger charge is -2.66. The zero-order valence-corrected chi connectivity index (χ0v) is 19.6. The van der Waals surface area contributed by atoms with E-state index in [1.165, 1.54) is 12.3 Å². The van der Waals surface area contributed by atoms with Crippen LogP contribution >= 0.6 is 0 Å². The van der Waals surface area contributed by atoms with Crippen LogP contribution in [0.15, 0.2) is 35.2 Å². The topological polar surface area (TPSA) is 116 Å². The molecule has 8 nitrogen and oxygen atoms in total. The van der Waals surface area contributed by atoms with Gasteiger partial charge in [0.05, 0.1) is 24.7 Å². The first-order chi connectivity index (χ1) is 16.0. The largest absolute Gasteiger partial charge is 0.472 e. The van der Waals surface area contributed by atoms with Gasteiger partial charge in [-0.1, -0.05) is 19.9 Å². The fourth-order valence-corrected chi connectivity index (χ4v) is 9.42. The molecular weight excluding hydrogens is 440 g/mol. The number of fused-ring (bicyclic) bond motifs is 1. The van der Waals surface area contributed by atoms with Crippen molar-refractivity contribution in [3.8, 4) is 0 Å². The lowest BCUT2D eigenvalue weighted by Crippen LogP contribution is -2.77. The molecule has 4 heterocycles. The van der Waals surface area contributed by atoms with E-state index in [9.17, 15) is 19.5 Å². The third-order valence-electron chi connectivity index (χ3n) is 10.8. The molecule has 3 aliphatic heterocycles. The van der Waals surface area contributed by atoms with Gasteiger partial charge in [-0.25, -0.2) is 4.79 Å². The number of epoxide rings is 1. The van der Waals surface area contributed by atoms with Gasteiger partial charge < -0.3 is 23.7 Å². The Kier molecular flexibility index (Phi) is 3.45. The number of carbonyl (C=O) groups is 3. The maximum absolute atomic E-state index is 14.2. The van der Waals surface area contributed by atoms with Crippen molar-refractivity contribution in [3.05, 3.63) is 36.3 Å². The second-order valence-electron chi connectivity index (χ2n) is 12.0. The zero-order valence-electron chi connectivity index (χ0n) is 19.6. The summed E-state index contributed by atoms with van der Waals surface area (Å²) in [5.74, 6) is -1.65. The second-order valence-corrected chi connectivity index (χ2v) is 12.0. The number of Topliss-reactive ketones (excluding diaryl/α,β-unsaturated/α-hetero) is 1. The Morgan fingerprint density at radius 1 is 1.09 bits per heavy atom. The first kappa shape index (κ1) is 21.0. The molecule has 8 heteroatoms. The Balaban J connectivity index is 1.47. The van der Waals surface area contributed by atoms with Crippen LogP contribution in [-0.4, -0.2) is 52.7 Å². The van der Waals surface area contributed by atoms with Crippen molar-refractivity contribution in [3.63, 3.8) is 0 Å². The Hall–Kier alpha value is -2.29. The minimum Gasteiger partial charge on any atom is -0.472 e. The average Bonchev–Trinajstić information content (AvgIpc) is 3.08. The highest BCUT2D eigenvalue weighted by Gasteiger charge is 2.92. The molecule has 1 spiro atoms. The summed E-state index contributed by atoms with van der Waals surface area (Å²) in [7, 11) is 0. The molecule has 0 amide bonds. The molecule has 180 valence electrons. The van der Waals surface area contributed by atoms with Crippen molar-refractivity contribution < 1.29 is 38.1 Å². The number of aliphatic hydroxyl groups excluding tert-OH is 1. The molecule has 3 saturated heterocycles. The minimum absolute atomic E-state index is 0.202. The number of esters is 1. The molecule has 1 unspecified atom stereocenters. The highest BCUT2D eigenvalue weighted by atomic mass is 16.7. The molecule has 0 aromatic carbocycles. The summed E-state index contributed by atoms with van der Waals surface area (Å²) in [4.78, 5) is 40.8. The minimum atomic E-state index is -1.50. The van der Waals surface area contributed by atoms with Gasteiger partial charge in [-0.2, -0.15) is 0 Å². The number of carbonyl (C=O) groups excluding carboxylic acids is 3. The maximum Gasteiger partial charge on any atom is 0.339 e. The fourth-order valence-electron chi connectivity index (χ4n) is 9.42. The molecule has 0 radical (unpaired) electrons. The molecule has 34 heavy (non-hydrogen) atoms. The van der Waals surface area contributed by atoms with Gasteiger partial charge in [0.2, 0.25) is 0 Å². The third-order valence-corrected chi connectivity index (χ3v) is 10.8. The SMILES string of the molecule is CC1(C)OC[C@]23C=CC(=O)C12C(=O)[C@H](O)[C@]1(C)[C@@H]3CC[C@@]2(C)[C@H](c3ccoc3)OC(=O)[C@H]3O[C@@]312. The van der Waals surface area contributed by atoms with Crippen molar-refractivity contribution in [1.29, 1.82) is 0 Å². The van der Waals surface area contributed by atoms with Crippen LogP contribution in [0.3, 0.4) is 0 Å².